The third-order valence-corrected chi connectivity index (χ3v) is 5.05. The third-order valence-electron chi connectivity index (χ3n) is 2.63. The molecule has 102 valence electrons. The molecule has 0 aromatic heterocycles. The highest BCUT2D eigenvalue weighted by Gasteiger charge is 2.19. The summed E-state index contributed by atoms with van der Waals surface area (Å²) in [6.45, 7) is 5.51. The molecular weight excluding hydrogens is 318 g/mol. The van der Waals surface area contributed by atoms with Crippen molar-refractivity contribution in [2.75, 3.05) is 6.54 Å². The van der Waals surface area contributed by atoms with Crippen LogP contribution in [0.4, 0.5) is 0 Å². The maximum absolute atomic E-state index is 12.1. The van der Waals surface area contributed by atoms with Gasteiger partial charge in [-0.05, 0) is 46.5 Å². The number of aryl methyl sites for hydroxylation is 1. The summed E-state index contributed by atoms with van der Waals surface area (Å²) in [6, 6.07) is 5.11. The molecule has 0 fully saturated rings. The Morgan fingerprint density at radius 1 is 1.39 bits per heavy atom. The molecule has 0 saturated carbocycles. The van der Waals surface area contributed by atoms with Crippen LogP contribution in [-0.2, 0) is 10.0 Å². The number of halogens is 1. The SMILES string of the molecule is Cc1ccc(Br)c(S(=O)(=O)NCC(O)C(C)C)c1. The second-order valence-electron chi connectivity index (χ2n) is 4.60. The minimum atomic E-state index is -3.60. The van der Waals surface area contributed by atoms with Crippen molar-refractivity contribution < 1.29 is 13.5 Å². The standard InChI is InChI=1S/C12H18BrNO3S/c1-8(2)11(15)7-14-18(16,17)12-6-9(3)4-5-10(12)13/h4-6,8,11,14-15H,7H2,1-3H3. The van der Waals surface area contributed by atoms with Gasteiger partial charge >= 0.3 is 0 Å². The molecule has 0 aliphatic rings. The summed E-state index contributed by atoms with van der Waals surface area (Å²) in [6.07, 6.45) is -0.691. The molecule has 0 amide bonds. The van der Waals surface area contributed by atoms with E-state index >= 15 is 0 Å². The van der Waals surface area contributed by atoms with E-state index in [4.69, 9.17) is 0 Å². The fraction of sp³-hybridized carbons (Fsp3) is 0.500. The molecule has 18 heavy (non-hydrogen) atoms. The molecule has 2 N–H and O–H groups in total. The molecule has 0 aliphatic heterocycles. The molecule has 6 heteroatoms. The van der Waals surface area contributed by atoms with Crippen molar-refractivity contribution in [1.82, 2.24) is 4.72 Å². The van der Waals surface area contributed by atoms with Crippen molar-refractivity contribution in [3.05, 3.63) is 28.2 Å². The minimum Gasteiger partial charge on any atom is -0.391 e. The number of nitrogens with one attached hydrogen (secondary N) is 1. The Balaban J connectivity index is 2.90. The van der Waals surface area contributed by atoms with Crippen LogP contribution in [0, 0.1) is 12.8 Å². The van der Waals surface area contributed by atoms with Gasteiger partial charge in [-0.15, -0.1) is 0 Å². The van der Waals surface area contributed by atoms with Gasteiger partial charge in [0.25, 0.3) is 0 Å². The van der Waals surface area contributed by atoms with E-state index in [9.17, 15) is 13.5 Å². The topological polar surface area (TPSA) is 66.4 Å². The van der Waals surface area contributed by atoms with Crippen LogP contribution >= 0.6 is 15.9 Å². The summed E-state index contributed by atoms with van der Waals surface area (Å²) in [4.78, 5) is 0.193. The first-order valence-electron chi connectivity index (χ1n) is 5.68. The number of hydrogen-bond donors (Lipinski definition) is 2. The van der Waals surface area contributed by atoms with Crippen LogP contribution in [0.15, 0.2) is 27.6 Å². The van der Waals surface area contributed by atoms with Gasteiger partial charge in [0, 0.05) is 11.0 Å². The van der Waals surface area contributed by atoms with E-state index in [-0.39, 0.29) is 17.4 Å². The summed E-state index contributed by atoms with van der Waals surface area (Å²) in [5, 5.41) is 9.62. The molecule has 4 nitrogen and oxygen atoms in total. The zero-order chi connectivity index (χ0) is 13.9. The molecule has 1 atom stereocenters. The zero-order valence-electron chi connectivity index (χ0n) is 10.6. The Kier molecular flexibility index (Phi) is 5.33. The lowest BCUT2D eigenvalue weighted by atomic mass is 10.1. The van der Waals surface area contributed by atoms with Crippen molar-refractivity contribution in [2.24, 2.45) is 5.92 Å². The van der Waals surface area contributed by atoms with Crippen LogP contribution in [0.1, 0.15) is 19.4 Å². The molecule has 0 radical (unpaired) electrons. The first-order chi connectivity index (χ1) is 8.24. The normalized spacial score (nSPS) is 13.9. The monoisotopic (exact) mass is 335 g/mol. The van der Waals surface area contributed by atoms with Gasteiger partial charge in [0.1, 0.15) is 0 Å². The van der Waals surface area contributed by atoms with Gasteiger partial charge in [0.05, 0.1) is 11.0 Å². The van der Waals surface area contributed by atoms with Crippen LogP contribution in [0.2, 0.25) is 0 Å². The molecule has 0 spiro atoms. The van der Waals surface area contributed by atoms with E-state index in [0.29, 0.717) is 4.47 Å². The third kappa shape index (κ3) is 4.05. The van der Waals surface area contributed by atoms with Gasteiger partial charge in [-0.2, -0.15) is 0 Å². The van der Waals surface area contributed by atoms with Crippen LogP contribution in [0.5, 0.6) is 0 Å². The van der Waals surface area contributed by atoms with E-state index in [1.165, 1.54) is 0 Å². The van der Waals surface area contributed by atoms with Crippen molar-refractivity contribution in [1.29, 1.82) is 0 Å². The van der Waals surface area contributed by atoms with Crippen LogP contribution < -0.4 is 4.72 Å². The average Bonchev–Trinajstić information content (AvgIpc) is 2.29. The van der Waals surface area contributed by atoms with Gasteiger partial charge in [0.15, 0.2) is 0 Å². The summed E-state index contributed by atoms with van der Waals surface area (Å²) in [5.41, 5.74) is 0.864. The maximum Gasteiger partial charge on any atom is 0.241 e. The van der Waals surface area contributed by atoms with E-state index < -0.39 is 16.1 Å². The molecule has 1 rings (SSSR count). The summed E-state index contributed by atoms with van der Waals surface area (Å²) in [5.74, 6) is 0.00801. The summed E-state index contributed by atoms with van der Waals surface area (Å²) < 4.78 is 27.1. The Labute approximate surface area is 117 Å². The average molecular weight is 336 g/mol. The fourth-order valence-electron chi connectivity index (χ4n) is 1.33. The van der Waals surface area contributed by atoms with E-state index in [1.807, 2.05) is 26.8 Å². The van der Waals surface area contributed by atoms with Crippen LogP contribution in [0.25, 0.3) is 0 Å². The Bertz CT molecular complexity index is 514. The smallest absolute Gasteiger partial charge is 0.241 e. The molecule has 0 bridgehead atoms. The second-order valence-corrected chi connectivity index (χ2v) is 7.19. The van der Waals surface area contributed by atoms with Crippen molar-refractivity contribution in [2.45, 2.75) is 31.8 Å². The lowest BCUT2D eigenvalue weighted by Gasteiger charge is -2.16. The van der Waals surface area contributed by atoms with Gasteiger partial charge in [-0.25, -0.2) is 13.1 Å². The lowest BCUT2D eigenvalue weighted by Crippen LogP contribution is -2.34. The van der Waals surface area contributed by atoms with Gasteiger partial charge in [-0.3, -0.25) is 0 Å². The zero-order valence-corrected chi connectivity index (χ0v) is 13.0. The highest BCUT2D eigenvalue weighted by molar-refractivity contribution is 9.10. The Hall–Kier alpha value is -0.430. The van der Waals surface area contributed by atoms with E-state index in [1.54, 1.807) is 12.1 Å². The van der Waals surface area contributed by atoms with Crippen molar-refractivity contribution >= 4 is 26.0 Å². The highest BCUT2D eigenvalue weighted by Crippen LogP contribution is 2.22. The lowest BCUT2D eigenvalue weighted by molar-refractivity contribution is 0.129. The highest BCUT2D eigenvalue weighted by atomic mass is 79.9. The van der Waals surface area contributed by atoms with E-state index in [0.717, 1.165) is 5.56 Å². The predicted molar refractivity (Wildman–Crippen MR) is 74.9 cm³/mol. The summed E-state index contributed by atoms with van der Waals surface area (Å²) in [7, 11) is -3.60. The Morgan fingerprint density at radius 3 is 2.56 bits per heavy atom. The number of aliphatic hydroxyl groups is 1. The van der Waals surface area contributed by atoms with Gasteiger partial charge in [0.2, 0.25) is 10.0 Å². The van der Waals surface area contributed by atoms with Crippen LogP contribution in [-0.4, -0.2) is 26.2 Å². The second kappa shape index (κ2) is 6.14. The first-order valence-corrected chi connectivity index (χ1v) is 7.95. The number of aliphatic hydroxyl groups excluding tert-OH is 1. The molecule has 1 aromatic rings. The first kappa shape index (κ1) is 15.6. The Morgan fingerprint density at radius 2 is 2.00 bits per heavy atom. The van der Waals surface area contributed by atoms with Gasteiger partial charge in [-0.1, -0.05) is 19.9 Å². The number of benzene rings is 1. The maximum atomic E-state index is 12.1. The fourth-order valence-corrected chi connectivity index (χ4v) is 3.42. The van der Waals surface area contributed by atoms with Crippen LogP contribution in [0.3, 0.4) is 0 Å². The largest absolute Gasteiger partial charge is 0.391 e. The minimum absolute atomic E-state index is 0.00801. The number of sulfonamides is 1. The summed E-state index contributed by atoms with van der Waals surface area (Å²) >= 11 is 3.22. The molecule has 0 saturated heterocycles. The predicted octanol–water partition coefficient (Wildman–Crippen LogP) is 2.05. The molecule has 0 aliphatic carbocycles. The van der Waals surface area contributed by atoms with Crippen molar-refractivity contribution in [3.8, 4) is 0 Å². The quantitative estimate of drug-likeness (QED) is 0.865. The molecular formula is C12H18BrNO3S. The van der Waals surface area contributed by atoms with E-state index in [2.05, 4.69) is 20.7 Å². The van der Waals surface area contributed by atoms with Gasteiger partial charge < -0.3 is 5.11 Å². The number of rotatable bonds is 5. The van der Waals surface area contributed by atoms with Crippen molar-refractivity contribution in [3.63, 3.8) is 0 Å². The molecule has 1 unspecified atom stereocenters. The number of hydrogen-bond acceptors (Lipinski definition) is 3. The molecule has 1 aromatic carbocycles. The molecule has 0 heterocycles.